The Hall–Kier alpha value is -1.39. The summed E-state index contributed by atoms with van der Waals surface area (Å²) in [6, 6.07) is 10.3. The summed E-state index contributed by atoms with van der Waals surface area (Å²) in [6.07, 6.45) is 2.54. The molecule has 0 unspecified atom stereocenters. The molecule has 1 aliphatic carbocycles. The van der Waals surface area contributed by atoms with Gasteiger partial charge in [0.25, 0.3) is 0 Å². The number of halogens is 2. The van der Waals surface area contributed by atoms with Crippen LogP contribution in [0.2, 0.25) is 0 Å². The Morgan fingerprint density at radius 2 is 1.95 bits per heavy atom. The molecule has 0 heterocycles. The molecule has 2 aromatic carbocycles. The van der Waals surface area contributed by atoms with E-state index in [0.29, 0.717) is 10.9 Å². The summed E-state index contributed by atoms with van der Waals surface area (Å²) < 4.78 is 26.8. The number of rotatable bonds is 5. The van der Waals surface area contributed by atoms with Crippen molar-refractivity contribution in [2.45, 2.75) is 42.1 Å². The Morgan fingerprint density at radius 3 is 2.67 bits per heavy atom. The van der Waals surface area contributed by atoms with Crippen LogP contribution in [0.1, 0.15) is 24.0 Å². The maximum atomic E-state index is 13.7. The lowest BCUT2D eigenvalue weighted by molar-refractivity contribution is 0.577. The zero-order valence-corrected chi connectivity index (χ0v) is 12.6. The van der Waals surface area contributed by atoms with Crippen molar-refractivity contribution in [3.05, 3.63) is 59.2 Å². The first-order chi connectivity index (χ1) is 10.1. The molecule has 0 atom stereocenters. The van der Waals surface area contributed by atoms with Gasteiger partial charge in [-0.1, -0.05) is 17.8 Å². The molecule has 2 aromatic rings. The summed E-state index contributed by atoms with van der Waals surface area (Å²) in [4.78, 5) is 1.24. The lowest BCUT2D eigenvalue weighted by Crippen LogP contribution is -2.15. The van der Waals surface area contributed by atoms with E-state index in [4.69, 9.17) is 0 Å². The van der Waals surface area contributed by atoms with Gasteiger partial charge in [0, 0.05) is 17.5 Å². The van der Waals surface area contributed by atoms with Gasteiger partial charge in [-0.3, -0.25) is 0 Å². The van der Waals surface area contributed by atoms with Crippen molar-refractivity contribution in [1.29, 1.82) is 0 Å². The molecule has 1 aliphatic rings. The highest BCUT2D eigenvalue weighted by Crippen LogP contribution is 2.31. The molecule has 1 fully saturated rings. The molecule has 1 N–H and O–H groups in total. The van der Waals surface area contributed by atoms with Crippen LogP contribution >= 0.6 is 11.8 Å². The molecule has 0 amide bonds. The summed E-state index contributed by atoms with van der Waals surface area (Å²) in [5.41, 5.74) is 2.43. The van der Waals surface area contributed by atoms with E-state index in [0.717, 1.165) is 17.5 Å². The third-order valence-corrected chi connectivity index (χ3v) is 4.62. The highest BCUT2D eigenvalue weighted by atomic mass is 32.2. The van der Waals surface area contributed by atoms with Crippen molar-refractivity contribution >= 4 is 11.8 Å². The van der Waals surface area contributed by atoms with Crippen LogP contribution in [0, 0.1) is 18.6 Å². The quantitative estimate of drug-likeness (QED) is 0.861. The van der Waals surface area contributed by atoms with Crippen LogP contribution in [-0.2, 0) is 6.54 Å². The summed E-state index contributed by atoms with van der Waals surface area (Å²) in [6.45, 7) is 2.92. The minimum atomic E-state index is -0.416. The van der Waals surface area contributed by atoms with Gasteiger partial charge in [-0.05, 0) is 61.2 Å². The van der Waals surface area contributed by atoms with Crippen molar-refractivity contribution in [1.82, 2.24) is 5.32 Å². The monoisotopic (exact) mass is 305 g/mol. The van der Waals surface area contributed by atoms with Crippen molar-refractivity contribution in [2.24, 2.45) is 0 Å². The molecule has 3 rings (SSSR count). The van der Waals surface area contributed by atoms with Crippen LogP contribution in [0.25, 0.3) is 0 Å². The first-order valence-electron chi connectivity index (χ1n) is 7.07. The molecule has 110 valence electrons. The Morgan fingerprint density at radius 1 is 1.14 bits per heavy atom. The van der Waals surface area contributed by atoms with Crippen LogP contribution in [0.4, 0.5) is 8.78 Å². The van der Waals surface area contributed by atoms with E-state index in [1.165, 1.54) is 47.9 Å². The maximum Gasteiger partial charge on any atom is 0.137 e. The van der Waals surface area contributed by atoms with E-state index in [1.54, 1.807) is 0 Å². The SMILES string of the molecule is Cc1cc(Sc2cc(F)ccc2F)ccc1CNC1CC1. The molecule has 1 saturated carbocycles. The third kappa shape index (κ3) is 3.83. The molecule has 0 bridgehead atoms. The van der Waals surface area contributed by atoms with Crippen LogP contribution in [0.5, 0.6) is 0 Å². The topological polar surface area (TPSA) is 12.0 Å². The Bertz CT molecular complexity index is 653. The lowest BCUT2D eigenvalue weighted by Gasteiger charge is -2.10. The Balaban J connectivity index is 1.73. The molecular weight excluding hydrogens is 288 g/mol. The van der Waals surface area contributed by atoms with Gasteiger partial charge >= 0.3 is 0 Å². The van der Waals surface area contributed by atoms with Crippen molar-refractivity contribution in [2.75, 3.05) is 0 Å². The fourth-order valence-corrected chi connectivity index (χ4v) is 3.12. The number of aryl methyl sites for hydroxylation is 1. The molecule has 0 saturated heterocycles. The molecular formula is C17H17F2NS. The molecule has 0 aliphatic heterocycles. The van der Waals surface area contributed by atoms with Gasteiger partial charge in [0.1, 0.15) is 11.6 Å². The number of hydrogen-bond acceptors (Lipinski definition) is 2. The summed E-state index contributed by atoms with van der Waals surface area (Å²) in [5, 5.41) is 3.48. The van der Waals surface area contributed by atoms with Crippen LogP contribution < -0.4 is 5.32 Å². The smallest absolute Gasteiger partial charge is 0.137 e. The lowest BCUT2D eigenvalue weighted by atomic mass is 10.1. The second kappa shape index (κ2) is 6.16. The number of hydrogen-bond donors (Lipinski definition) is 1. The first-order valence-corrected chi connectivity index (χ1v) is 7.89. The van der Waals surface area contributed by atoms with E-state index < -0.39 is 11.6 Å². The second-order valence-electron chi connectivity index (χ2n) is 5.42. The summed E-state index contributed by atoms with van der Waals surface area (Å²) in [5.74, 6) is -0.806. The predicted molar refractivity (Wildman–Crippen MR) is 81.5 cm³/mol. The second-order valence-corrected chi connectivity index (χ2v) is 6.54. The van der Waals surface area contributed by atoms with Gasteiger partial charge in [0.2, 0.25) is 0 Å². The minimum absolute atomic E-state index is 0.318. The van der Waals surface area contributed by atoms with Gasteiger partial charge in [-0.25, -0.2) is 8.78 Å². The third-order valence-electron chi connectivity index (χ3n) is 3.59. The molecule has 4 heteroatoms. The molecule has 0 aromatic heterocycles. The minimum Gasteiger partial charge on any atom is -0.310 e. The standard InChI is InChI=1S/C17H17F2NS/c1-11-8-15(6-2-12(11)10-20-14-4-5-14)21-17-9-13(18)3-7-16(17)19/h2-3,6-9,14,20H,4-5,10H2,1H3. The largest absolute Gasteiger partial charge is 0.310 e. The van der Waals surface area contributed by atoms with Crippen LogP contribution in [0.3, 0.4) is 0 Å². The number of benzene rings is 2. The van der Waals surface area contributed by atoms with E-state index in [2.05, 4.69) is 18.3 Å². The van der Waals surface area contributed by atoms with Gasteiger partial charge in [0.05, 0.1) is 4.90 Å². The predicted octanol–water partition coefficient (Wildman–Crippen LogP) is 4.68. The Labute approximate surface area is 127 Å². The zero-order chi connectivity index (χ0) is 14.8. The highest BCUT2D eigenvalue weighted by Gasteiger charge is 2.20. The molecule has 1 nitrogen and oxygen atoms in total. The van der Waals surface area contributed by atoms with Gasteiger partial charge in [-0.15, -0.1) is 0 Å². The van der Waals surface area contributed by atoms with E-state index in [-0.39, 0.29) is 0 Å². The zero-order valence-electron chi connectivity index (χ0n) is 11.8. The Kier molecular flexibility index (Phi) is 4.27. The number of nitrogens with one attached hydrogen (secondary N) is 1. The van der Waals surface area contributed by atoms with Crippen molar-refractivity contribution in [3.63, 3.8) is 0 Å². The van der Waals surface area contributed by atoms with Gasteiger partial charge in [0.15, 0.2) is 0 Å². The van der Waals surface area contributed by atoms with Crippen LogP contribution in [0.15, 0.2) is 46.2 Å². The average Bonchev–Trinajstić information content (AvgIpc) is 3.26. The average molecular weight is 305 g/mol. The first kappa shape index (κ1) is 14.5. The molecule has 0 spiro atoms. The fraction of sp³-hybridized carbons (Fsp3) is 0.294. The molecule has 0 radical (unpaired) electrons. The van der Waals surface area contributed by atoms with E-state index in [9.17, 15) is 8.78 Å². The fourth-order valence-electron chi connectivity index (χ4n) is 2.15. The van der Waals surface area contributed by atoms with Crippen molar-refractivity contribution < 1.29 is 8.78 Å². The van der Waals surface area contributed by atoms with Crippen LogP contribution in [-0.4, -0.2) is 6.04 Å². The van der Waals surface area contributed by atoms with E-state index >= 15 is 0 Å². The molecule has 21 heavy (non-hydrogen) atoms. The normalized spacial score (nSPS) is 14.4. The van der Waals surface area contributed by atoms with Gasteiger partial charge < -0.3 is 5.32 Å². The maximum absolute atomic E-state index is 13.7. The van der Waals surface area contributed by atoms with Gasteiger partial charge in [-0.2, -0.15) is 0 Å². The summed E-state index contributed by atoms with van der Waals surface area (Å²) in [7, 11) is 0. The van der Waals surface area contributed by atoms with E-state index in [1.807, 2.05) is 12.1 Å². The summed E-state index contributed by atoms with van der Waals surface area (Å²) >= 11 is 1.25. The van der Waals surface area contributed by atoms with Crippen molar-refractivity contribution in [3.8, 4) is 0 Å². The highest BCUT2D eigenvalue weighted by molar-refractivity contribution is 7.99.